The highest BCUT2D eigenvalue weighted by Crippen LogP contribution is 2.60. The minimum absolute atomic E-state index is 0.154. The average Bonchev–Trinajstić information content (AvgIpc) is 3.93. The number of fused-ring (bicyclic) bond motifs is 5. The third kappa shape index (κ3) is 4.50. The summed E-state index contributed by atoms with van der Waals surface area (Å²) in [6, 6.07) is 14.5. The molecule has 0 spiro atoms. The molecule has 0 N–H and O–H groups in total. The lowest BCUT2D eigenvalue weighted by Gasteiger charge is -2.35. The molecular weight excluding hydrogens is 705 g/mol. The van der Waals surface area contributed by atoms with Gasteiger partial charge in [0, 0.05) is 9.75 Å². The van der Waals surface area contributed by atoms with Gasteiger partial charge in [-0.1, -0.05) is 60.7 Å². The second kappa shape index (κ2) is 12.3. The Hall–Kier alpha value is -5.02. The van der Waals surface area contributed by atoms with Gasteiger partial charge in [-0.05, 0) is 49.9 Å². The number of hydrazine groups is 1. The summed E-state index contributed by atoms with van der Waals surface area (Å²) < 4.78 is 10.2. The third-order valence-corrected chi connectivity index (χ3v) is 13.3. The number of hydrogen-bond donors (Lipinski definition) is 0. The molecule has 4 amide bonds. The van der Waals surface area contributed by atoms with Crippen LogP contribution in [0.4, 0.5) is 10.0 Å². The summed E-state index contributed by atoms with van der Waals surface area (Å²) in [7, 11) is 2.50. The van der Waals surface area contributed by atoms with Gasteiger partial charge in [0.05, 0.1) is 49.3 Å². The Balaban J connectivity index is 1.33. The molecule has 0 radical (unpaired) electrons. The van der Waals surface area contributed by atoms with Crippen LogP contribution in [-0.4, -0.2) is 71.9 Å². The van der Waals surface area contributed by atoms with Crippen LogP contribution in [0.25, 0.3) is 0 Å². The number of imide groups is 2. The number of aryl methyl sites for hydroxylation is 2. The summed E-state index contributed by atoms with van der Waals surface area (Å²) in [5.41, 5.74) is 2.90. The lowest BCUT2D eigenvalue weighted by Crippen LogP contribution is -2.50. The number of thiophene rings is 2. The van der Waals surface area contributed by atoms with Crippen molar-refractivity contribution in [3.05, 3.63) is 104 Å². The minimum Gasteiger partial charge on any atom is -0.465 e. The van der Waals surface area contributed by atoms with Gasteiger partial charge in [0.25, 0.3) is 11.8 Å². The zero-order valence-corrected chi connectivity index (χ0v) is 30.7. The Morgan fingerprint density at radius 3 is 1.21 bits per heavy atom. The fraction of sp³-hybridized carbons (Fsp3) is 0.316. The van der Waals surface area contributed by atoms with Gasteiger partial charge in [-0.3, -0.25) is 19.2 Å². The highest BCUT2D eigenvalue weighted by Gasteiger charge is 2.74. The van der Waals surface area contributed by atoms with Crippen LogP contribution >= 0.6 is 22.7 Å². The molecule has 12 nitrogen and oxygen atoms in total. The lowest BCUT2D eigenvalue weighted by atomic mass is 9.84. The fourth-order valence-corrected chi connectivity index (χ4v) is 10.7. The maximum Gasteiger partial charge on any atom is 0.341 e. The first-order valence-corrected chi connectivity index (χ1v) is 18.4. The van der Waals surface area contributed by atoms with Gasteiger partial charge in [0.15, 0.2) is 0 Å². The number of rotatable bonds is 6. The normalized spacial score (nSPS) is 25.6. The van der Waals surface area contributed by atoms with Crippen LogP contribution in [0.3, 0.4) is 0 Å². The molecule has 2 aromatic heterocycles. The molecule has 6 atom stereocenters. The number of hydrogen-bond acceptors (Lipinski definition) is 12. The van der Waals surface area contributed by atoms with Crippen LogP contribution in [0, 0.1) is 39.5 Å². The molecular formula is C38H34N4O8S2. The standard InChI is InChI=1S/C38H34N4O8S2/c1-17-19(3)51-35(23(17)37(47)49-5)39-31(43)25-27(21-13-9-7-10-14-21)42-30-26(28(22-15-11-8-12-16-22)41(42)29(25)33(39)45)32(44)40(34(30)46)36-24(38(48)50-6)18(2)20(4)52-36/h7-16,25-30H,1-6H3/t25-,26-,27+,28+,29+,30+/m0/s1. The van der Waals surface area contributed by atoms with Crippen LogP contribution < -0.4 is 9.80 Å². The van der Waals surface area contributed by atoms with E-state index in [1.807, 2.05) is 74.5 Å². The molecule has 4 aliphatic heterocycles. The van der Waals surface area contributed by atoms with E-state index < -0.39 is 71.6 Å². The quantitative estimate of drug-likeness (QED) is 0.195. The van der Waals surface area contributed by atoms with E-state index in [0.29, 0.717) is 22.3 Å². The first-order valence-electron chi connectivity index (χ1n) is 16.7. The van der Waals surface area contributed by atoms with E-state index >= 15 is 0 Å². The van der Waals surface area contributed by atoms with Crippen molar-refractivity contribution in [3.63, 3.8) is 0 Å². The number of carbonyl (C=O) groups is 6. The largest absolute Gasteiger partial charge is 0.465 e. The second-order valence-corrected chi connectivity index (χ2v) is 15.8. The highest BCUT2D eigenvalue weighted by atomic mass is 32.1. The maximum absolute atomic E-state index is 14.9. The van der Waals surface area contributed by atoms with E-state index in [9.17, 15) is 28.8 Å². The van der Waals surface area contributed by atoms with E-state index in [4.69, 9.17) is 9.47 Å². The minimum atomic E-state index is -1.10. The molecule has 14 heteroatoms. The summed E-state index contributed by atoms with van der Waals surface area (Å²) in [6.45, 7) is 7.13. The number of benzene rings is 2. The first kappa shape index (κ1) is 34.1. The van der Waals surface area contributed by atoms with Gasteiger partial charge in [-0.15, -0.1) is 22.7 Å². The molecule has 0 bridgehead atoms. The van der Waals surface area contributed by atoms with Crippen LogP contribution in [0.2, 0.25) is 0 Å². The maximum atomic E-state index is 14.9. The highest BCUT2D eigenvalue weighted by molar-refractivity contribution is 7.17. The van der Waals surface area contributed by atoms with Crippen molar-refractivity contribution in [1.29, 1.82) is 0 Å². The van der Waals surface area contributed by atoms with E-state index in [2.05, 4.69) is 0 Å². The van der Waals surface area contributed by atoms with Crippen LogP contribution in [0.15, 0.2) is 60.7 Å². The molecule has 0 unspecified atom stereocenters. The second-order valence-electron chi connectivity index (χ2n) is 13.3. The molecule has 8 rings (SSSR count). The molecule has 4 fully saturated rings. The molecule has 52 heavy (non-hydrogen) atoms. The number of carbonyl (C=O) groups excluding carboxylic acids is 6. The molecule has 4 saturated heterocycles. The number of nitrogens with zero attached hydrogens (tertiary/aromatic N) is 4. The molecule has 2 aromatic carbocycles. The predicted octanol–water partition coefficient (Wildman–Crippen LogP) is 5.06. The van der Waals surface area contributed by atoms with Gasteiger partial charge in [0.2, 0.25) is 11.8 Å². The topological polar surface area (TPSA) is 134 Å². The van der Waals surface area contributed by atoms with Gasteiger partial charge >= 0.3 is 11.9 Å². The van der Waals surface area contributed by atoms with E-state index in [1.54, 1.807) is 23.9 Å². The molecule has 0 saturated carbocycles. The lowest BCUT2D eigenvalue weighted by molar-refractivity contribution is -0.135. The van der Waals surface area contributed by atoms with Crippen molar-refractivity contribution in [2.24, 2.45) is 11.8 Å². The summed E-state index contributed by atoms with van der Waals surface area (Å²) in [5.74, 6) is -5.45. The monoisotopic (exact) mass is 738 g/mol. The van der Waals surface area contributed by atoms with Gasteiger partial charge < -0.3 is 9.47 Å². The molecule has 4 aromatic rings. The van der Waals surface area contributed by atoms with Crippen molar-refractivity contribution in [3.8, 4) is 0 Å². The number of ether oxygens (including phenoxy) is 2. The Bertz CT molecular complexity index is 2060. The number of esters is 2. The number of anilines is 2. The molecule has 266 valence electrons. The number of methoxy groups -OCH3 is 2. The summed E-state index contributed by atoms with van der Waals surface area (Å²) in [6.07, 6.45) is 0. The van der Waals surface area contributed by atoms with Crippen LogP contribution in [0.5, 0.6) is 0 Å². The predicted molar refractivity (Wildman–Crippen MR) is 192 cm³/mol. The third-order valence-electron chi connectivity index (χ3n) is 10.9. The fourth-order valence-electron chi connectivity index (χ4n) is 8.42. The van der Waals surface area contributed by atoms with E-state index in [0.717, 1.165) is 19.6 Å². The molecule has 0 aliphatic carbocycles. The van der Waals surface area contributed by atoms with E-state index in [-0.39, 0.29) is 21.1 Å². The number of amides is 4. The van der Waals surface area contributed by atoms with Crippen LogP contribution in [-0.2, 0) is 28.7 Å². The van der Waals surface area contributed by atoms with E-state index in [1.165, 1.54) is 36.9 Å². The van der Waals surface area contributed by atoms with Gasteiger partial charge in [-0.2, -0.15) is 0 Å². The smallest absolute Gasteiger partial charge is 0.341 e. The zero-order valence-electron chi connectivity index (χ0n) is 29.1. The van der Waals surface area contributed by atoms with Gasteiger partial charge in [-0.25, -0.2) is 29.4 Å². The van der Waals surface area contributed by atoms with Crippen molar-refractivity contribution in [2.45, 2.75) is 51.9 Å². The van der Waals surface area contributed by atoms with Crippen molar-refractivity contribution >= 4 is 68.2 Å². The van der Waals surface area contributed by atoms with Gasteiger partial charge in [0.1, 0.15) is 22.1 Å². The molecule has 4 aliphatic rings. The molecule has 6 heterocycles. The van der Waals surface area contributed by atoms with Crippen molar-refractivity contribution < 1.29 is 38.2 Å². The zero-order chi connectivity index (χ0) is 36.9. The van der Waals surface area contributed by atoms with Crippen molar-refractivity contribution in [2.75, 3.05) is 24.0 Å². The summed E-state index contributed by atoms with van der Waals surface area (Å²) >= 11 is 2.34. The Morgan fingerprint density at radius 2 is 0.885 bits per heavy atom. The summed E-state index contributed by atoms with van der Waals surface area (Å²) in [5, 5.41) is 3.93. The Kier molecular flexibility index (Phi) is 8.06. The first-order chi connectivity index (χ1) is 24.9. The summed E-state index contributed by atoms with van der Waals surface area (Å²) in [4.78, 5) is 89.3. The Labute approximate surface area is 307 Å². The SMILES string of the molecule is COC(=O)c1c(N2C(=O)[C@H]3[C@@H](c4ccccc4)N4[C@H]5C(=O)N(c6sc(C)c(C)c6C(=O)OC)C(=O)[C@H]5[C@@H](c5ccccc5)N4[C@H]3C2=O)sc(C)c1C. The van der Waals surface area contributed by atoms with Crippen molar-refractivity contribution in [1.82, 2.24) is 10.0 Å². The van der Waals surface area contributed by atoms with Crippen LogP contribution in [0.1, 0.15) is 64.8 Å². The Morgan fingerprint density at radius 1 is 0.538 bits per heavy atom. The average molecular weight is 739 g/mol.